The standard InChI is InChI=1S/C16H23N3OS/c1-13-5-8-19(9-6-13)16(20)18(2)11-15-10-14(12-21-15)4-3-7-17/h10,12-13H,5-9,11,17H2,1-2H3. The van der Waals surface area contributed by atoms with E-state index in [0.717, 1.165) is 42.3 Å². The van der Waals surface area contributed by atoms with E-state index >= 15 is 0 Å². The van der Waals surface area contributed by atoms with Crippen molar-refractivity contribution in [2.45, 2.75) is 26.3 Å². The average Bonchev–Trinajstić information content (AvgIpc) is 2.92. The van der Waals surface area contributed by atoms with Crippen LogP contribution < -0.4 is 5.73 Å². The maximum atomic E-state index is 12.4. The number of nitrogens with zero attached hydrogens (tertiary/aromatic N) is 2. The van der Waals surface area contributed by atoms with Crippen LogP contribution in [0.2, 0.25) is 0 Å². The smallest absolute Gasteiger partial charge is 0.320 e. The van der Waals surface area contributed by atoms with Crippen LogP contribution in [0.4, 0.5) is 4.79 Å². The quantitative estimate of drug-likeness (QED) is 0.853. The zero-order chi connectivity index (χ0) is 15.2. The van der Waals surface area contributed by atoms with Crippen molar-refractivity contribution in [3.8, 4) is 11.8 Å². The molecule has 114 valence electrons. The molecule has 21 heavy (non-hydrogen) atoms. The summed E-state index contributed by atoms with van der Waals surface area (Å²) in [4.78, 5) is 17.3. The van der Waals surface area contributed by atoms with Crippen LogP contribution in [0.25, 0.3) is 0 Å². The lowest BCUT2D eigenvalue weighted by Crippen LogP contribution is -2.44. The summed E-state index contributed by atoms with van der Waals surface area (Å²) in [6.45, 7) is 5.02. The van der Waals surface area contributed by atoms with Crippen LogP contribution in [-0.2, 0) is 6.54 Å². The third kappa shape index (κ3) is 4.48. The summed E-state index contributed by atoms with van der Waals surface area (Å²) >= 11 is 1.64. The molecular formula is C16H23N3OS. The molecule has 2 rings (SSSR count). The van der Waals surface area contributed by atoms with E-state index in [0.29, 0.717) is 13.1 Å². The van der Waals surface area contributed by atoms with Gasteiger partial charge in [0.1, 0.15) is 0 Å². The third-order valence-corrected chi connectivity index (χ3v) is 4.68. The first-order valence-electron chi connectivity index (χ1n) is 7.36. The number of carbonyl (C=O) groups is 1. The summed E-state index contributed by atoms with van der Waals surface area (Å²) in [6.07, 6.45) is 2.22. The van der Waals surface area contributed by atoms with Crippen LogP contribution in [0.3, 0.4) is 0 Å². The van der Waals surface area contributed by atoms with E-state index in [1.165, 1.54) is 0 Å². The van der Waals surface area contributed by atoms with Gasteiger partial charge in [0.2, 0.25) is 0 Å². The molecule has 0 bridgehead atoms. The van der Waals surface area contributed by atoms with Gasteiger partial charge in [-0.1, -0.05) is 18.8 Å². The van der Waals surface area contributed by atoms with Gasteiger partial charge in [0, 0.05) is 36.0 Å². The molecule has 5 heteroatoms. The van der Waals surface area contributed by atoms with Crippen molar-refractivity contribution >= 4 is 17.4 Å². The molecule has 1 fully saturated rings. The van der Waals surface area contributed by atoms with E-state index < -0.39 is 0 Å². The lowest BCUT2D eigenvalue weighted by Gasteiger charge is -2.33. The SMILES string of the molecule is CC1CCN(C(=O)N(C)Cc2cc(C#CCN)cs2)CC1. The fourth-order valence-electron chi connectivity index (χ4n) is 2.42. The topological polar surface area (TPSA) is 49.6 Å². The van der Waals surface area contributed by atoms with Crippen LogP contribution in [0, 0.1) is 17.8 Å². The van der Waals surface area contributed by atoms with Crippen LogP contribution >= 0.6 is 11.3 Å². The maximum absolute atomic E-state index is 12.4. The van der Waals surface area contributed by atoms with Gasteiger partial charge in [0.05, 0.1) is 13.1 Å². The van der Waals surface area contributed by atoms with Gasteiger partial charge in [-0.15, -0.1) is 11.3 Å². The molecule has 1 aliphatic heterocycles. The molecule has 2 amide bonds. The number of urea groups is 1. The summed E-state index contributed by atoms with van der Waals surface area (Å²) in [6, 6.07) is 2.17. The van der Waals surface area contributed by atoms with Crippen LogP contribution in [0.15, 0.2) is 11.4 Å². The first kappa shape index (κ1) is 15.9. The molecule has 1 aromatic rings. The van der Waals surface area contributed by atoms with Gasteiger partial charge < -0.3 is 15.5 Å². The number of carbonyl (C=O) groups excluding carboxylic acids is 1. The Morgan fingerprint density at radius 1 is 1.52 bits per heavy atom. The first-order chi connectivity index (χ1) is 10.1. The minimum atomic E-state index is 0.130. The highest BCUT2D eigenvalue weighted by Crippen LogP contribution is 2.19. The number of thiophene rings is 1. The molecule has 2 heterocycles. The summed E-state index contributed by atoms with van der Waals surface area (Å²) in [5, 5.41) is 2.01. The Balaban J connectivity index is 1.89. The molecular weight excluding hydrogens is 282 g/mol. The fourth-order valence-corrected chi connectivity index (χ4v) is 3.29. The number of hydrogen-bond donors (Lipinski definition) is 1. The van der Waals surface area contributed by atoms with E-state index in [9.17, 15) is 4.79 Å². The number of piperidine rings is 1. The van der Waals surface area contributed by atoms with Crippen molar-refractivity contribution in [2.24, 2.45) is 11.7 Å². The van der Waals surface area contributed by atoms with E-state index in [-0.39, 0.29) is 6.03 Å². The normalized spacial score (nSPS) is 15.5. The predicted octanol–water partition coefficient (Wildman–Crippen LogP) is 2.34. The highest BCUT2D eigenvalue weighted by molar-refractivity contribution is 7.10. The van der Waals surface area contributed by atoms with E-state index in [4.69, 9.17) is 5.73 Å². The van der Waals surface area contributed by atoms with Gasteiger partial charge in [-0.05, 0) is 24.8 Å². The Hall–Kier alpha value is -1.51. The third-order valence-electron chi connectivity index (χ3n) is 3.76. The molecule has 1 saturated heterocycles. The van der Waals surface area contributed by atoms with Crippen molar-refractivity contribution < 1.29 is 4.79 Å². The van der Waals surface area contributed by atoms with Crippen molar-refractivity contribution in [3.05, 3.63) is 21.9 Å². The van der Waals surface area contributed by atoms with Gasteiger partial charge >= 0.3 is 6.03 Å². The van der Waals surface area contributed by atoms with E-state index in [1.54, 1.807) is 16.2 Å². The molecule has 0 unspecified atom stereocenters. The summed E-state index contributed by atoms with van der Waals surface area (Å²) in [5.74, 6) is 6.60. The zero-order valence-electron chi connectivity index (χ0n) is 12.8. The van der Waals surface area contributed by atoms with E-state index in [1.807, 2.05) is 23.4 Å². The van der Waals surface area contributed by atoms with Crippen molar-refractivity contribution in [3.63, 3.8) is 0 Å². The average molecular weight is 305 g/mol. The minimum Gasteiger partial charge on any atom is -0.325 e. The Labute approximate surface area is 130 Å². The second kappa shape index (κ2) is 7.48. The summed E-state index contributed by atoms with van der Waals surface area (Å²) in [5.41, 5.74) is 6.35. The molecule has 0 spiro atoms. The monoisotopic (exact) mass is 305 g/mol. The Kier molecular flexibility index (Phi) is 5.66. The Morgan fingerprint density at radius 2 is 2.24 bits per heavy atom. The first-order valence-corrected chi connectivity index (χ1v) is 8.24. The molecule has 0 saturated carbocycles. The lowest BCUT2D eigenvalue weighted by molar-refractivity contribution is 0.141. The number of nitrogens with two attached hydrogens (primary N) is 1. The lowest BCUT2D eigenvalue weighted by atomic mass is 10.00. The summed E-state index contributed by atoms with van der Waals surface area (Å²) in [7, 11) is 1.87. The molecule has 0 atom stereocenters. The van der Waals surface area contributed by atoms with Crippen LogP contribution in [0.1, 0.15) is 30.2 Å². The maximum Gasteiger partial charge on any atom is 0.320 e. The summed E-state index contributed by atoms with van der Waals surface area (Å²) < 4.78 is 0. The molecule has 1 aromatic heterocycles. The molecule has 4 nitrogen and oxygen atoms in total. The van der Waals surface area contributed by atoms with Gasteiger partial charge in [-0.25, -0.2) is 4.79 Å². The minimum absolute atomic E-state index is 0.130. The second-order valence-corrected chi connectivity index (χ2v) is 6.61. The number of amides is 2. The van der Waals surface area contributed by atoms with Crippen molar-refractivity contribution in [1.82, 2.24) is 9.80 Å². The highest BCUT2D eigenvalue weighted by Gasteiger charge is 2.23. The van der Waals surface area contributed by atoms with Crippen molar-refractivity contribution in [1.29, 1.82) is 0 Å². The molecule has 0 aliphatic carbocycles. The molecule has 0 aromatic carbocycles. The van der Waals surface area contributed by atoms with Crippen molar-refractivity contribution in [2.75, 3.05) is 26.7 Å². The number of rotatable bonds is 2. The van der Waals surface area contributed by atoms with Gasteiger partial charge in [-0.3, -0.25) is 0 Å². The number of likely N-dealkylation sites (tertiary alicyclic amines) is 1. The highest BCUT2D eigenvalue weighted by atomic mass is 32.1. The fraction of sp³-hybridized carbons (Fsp3) is 0.562. The number of hydrogen-bond acceptors (Lipinski definition) is 3. The van der Waals surface area contributed by atoms with Gasteiger partial charge in [-0.2, -0.15) is 0 Å². The van der Waals surface area contributed by atoms with Crippen LogP contribution in [-0.4, -0.2) is 42.5 Å². The molecule has 1 aliphatic rings. The molecule has 0 radical (unpaired) electrons. The van der Waals surface area contributed by atoms with Crippen LogP contribution in [0.5, 0.6) is 0 Å². The Bertz CT molecular complexity index is 535. The molecule has 2 N–H and O–H groups in total. The Morgan fingerprint density at radius 3 is 2.90 bits per heavy atom. The zero-order valence-corrected chi connectivity index (χ0v) is 13.6. The van der Waals surface area contributed by atoms with Gasteiger partial charge in [0.15, 0.2) is 0 Å². The van der Waals surface area contributed by atoms with Gasteiger partial charge in [0.25, 0.3) is 0 Å². The second-order valence-electron chi connectivity index (χ2n) is 5.62. The predicted molar refractivity (Wildman–Crippen MR) is 87.1 cm³/mol. The largest absolute Gasteiger partial charge is 0.325 e. The van der Waals surface area contributed by atoms with E-state index in [2.05, 4.69) is 18.8 Å².